The number of nitrogens with zero attached hydrogens (tertiary/aromatic N) is 1. The van der Waals surface area contributed by atoms with E-state index in [0.29, 0.717) is 5.92 Å². The second kappa shape index (κ2) is 9.68. The lowest BCUT2D eigenvalue weighted by atomic mass is 9.33. The van der Waals surface area contributed by atoms with Crippen LogP contribution in [0.5, 0.6) is 0 Å². The summed E-state index contributed by atoms with van der Waals surface area (Å²) in [6.45, 7) is 13.8. The Balaban J connectivity index is 1.50. The SMILES string of the molecule is CC1(C)CC[C@]2(C(=O)OCCO[N+](=O)[O-])CC[C@]3(C)C(=CC[C@@H]4[C@@]5(C)CC[C@H](O)[C@@](C)(CO)[C@@H]5CC[C@]43C)[C@@H]2C1. The van der Waals surface area contributed by atoms with Crippen LogP contribution in [0.25, 0.3) is 0 Å². The Morgan fingerprint density at radius 3 is 2.38 bits per heavy atom. The Kier molecular flexibility index (Phi) is 7.22. The molecule has 5 rings (SSSR count). The van der Waals surface area contributed by atoms with Crippen LogP contribution in [0.15, 0.2) is 11.6 Å². The molecule has 2 N–H and O–H groups in total. The van der Waals surface area contributed by atoms with Gasteiger partial charge >= 0.3 is 5.97 Å². The molecule has 0 aromatic rings. The number of ether oxygens (including phenoxy) is 1. The number of aliphatic hydroxyl groups excluding tert-OH is 2. The number of aliphatic hydroxyl groups is 2. The first kappa shape index (κ1) is 29.8. The standard InChI is InChI=1S/C32H51NO7/c1-27(2)13-15-32(26(36)39-17-18-40-33(37)38)16-14-30(5)21(22(32)19-27)7-8-24-28(3)11-10-25(35)29(4,20-34)23(28)9-12-31(24,30)6/h7,22-25,34-35H,8-20H2,1-6H3/t22-,23+,24+,25-,28-,29-,30+,31+,32-/m0/s1. The number of hydrogen-bond donors (Lipinski definition) is 2. The molecule has 226 valence electrons. The molecule has 8 nitrogen and oxygen atoms in total. The molecule has 0 aromatic heterocycles. The van der Waals surface area contributed by atoms with E-state index in [1.807, 2.05) is 0 Å². The van der Waals surface area contributed by atoms with Gasteiger partial charge in [0, 0.05) is 5.41 Å². The maximum atomic E-state index is 13.8. The Hall–Kier alpha value is -1.67. The summed E-state index contributed by atoms with van der Waals surface area (Å²) in [5, 5.41) is 31.2. The van der Waals surface area contributed by atoms with Crippen molar-refractivity contribution < 1.29 is 29.7 Å². The summed E-state index contributed by atoms with van der Waals surface area (Å²) in [7, 11) is 0. The van der Waals surface area contributed by atoms with E-state index in [0.717, 1.165) is 64.2 Å². The van der Waals surface area contributed by atoms with Gasteiger partial charge < -0.3 is 19.8 Å². The zero-order valence-electron chi connectivity index (χ0n) is 25.5. The van der Waals surface area contributed by atoms with E-state index >= 15 is 0 Å². The molecule has 8 heteroatoms. The predicted octanol–water partition coefficient (Wildman–Crippen LogP) is 5.87. The van der Waals surface area contributed by atoms with Crippen molar-refractivity contribution in [3.63, 3.8) is 0 Å². The number of hydrogen-bond acceptors (Lipinski definition) is 7. The maximum Gasteiger partial charge on any atom is 0.312 e. The zero-order chi connectivity index (χ0) is 29.4. The van der Waals surface area contributed by atoms with Crippen molar-refractivity contribution >= 4 is 5.97 Å². The van der Waals surface area contributed by atoms with Crippen LogP contribution in [-0.2, 0) is 14.4 Å². The third-order valence-electron chi connectivity index (χ3n) is 13.7. The van der Waals surface area contributed by atoms with Gasteiger partial charge in [-0.15, -0.1) is 10.1 Å². The second-order valence-electron chi connectivity index (χ2n) is 15.8. The number of fused-ring (bicyclic) bond motifs is 7. The van der Waals surface area contributed by atoms with Crippen molar-refractivity contribution in [2.75, 3.05) is 19.8 Å². The number of carbonyl (C=O) groups is 1. The number of rotatable bonds is 6. The fourth-order valence-corrected chi connectivity index (χ4v) is 11.0. The molecule has 4 saturated carbocycles. The summed E-state index contributed by atoms with van der Waals surface area (Å²) in [6, 6.07) is 0. The summed E-state index contributed by atoms with van der Waals surface area (Å²) in [5.41, 5.74) is 0.523. The average molecular weight is 562 g/mol. The smallest absolute Gasteiger partial charge is 0.312 e. The van der Waals surface area contributed by atoms with Gasteiger partial charge in [-0.05, 0) is 104 Å². The second-order valence-corrected chi connectivity index (χ2v) is 15.8. The highest BCUT2D eigenvalue weighted by Gasteiger charge is 2.69. The molecule has 0 spiro atoms. The molecule has 40 heavy (non-hydrogen) atoms. The first-order valence-corrected chi connectivity index (χ1v) is 15.5. The molecule has 0 bridgehead atoms. The lowest BCUT2D eigenvalue weighted by Gasteiger charge is -2.71. The molecule has 0 radical (unpaired) electrons. The summed E-state index contributed by atoms with van der Waals surface area (Å²) >= 11 is 0. The maximum absolute atomic E-state index is 13.8. The minimum Gasteiger partial charge on any atom is -0.463 e. The third kappa shape index (κ3) is 4.09. The Bertz CT molecular complexity index is 1070. The fourth-order valence-electron chi connectivity index (χ4n) is 11.0. The van der Waals surface area contributed by atoms with Crippen LogP contribution in [0.4, 0.5) is 0 Å². The van der Waals surface area contributed by atoms with E-state index in [1.54, 1.807) is 0 Å². The van der Waals surface area contributed by atoms with Crippen LogP contribution in [-0.4, -0.2) is 47.2 Å². The van der Waals surface area contributed by atoms with Gasteiger partial charge in [0.1, 0.15) is 13.2 Å². The molecule has 5 aliphatic carbocycles. The van der Waals surface area contributed by atoms with Gasteiger partial charge in [-0.25, -0.2) is 0 Å². The summed E-state index contributed by atoms with van der Waals surface area (Å²) < 4.78 is 5.69. The molecule has 0 amide bonds. The highest BCUT2D eigenvalue weighted by atomic mass is 17.0. The van der Waals surface area contributed by atoms with Crippen LogP contribution in [0.3, 0.4) is 0 Å². The van der Waals surface area contributed by atoms with Crippen molar-refractivity contribution in [2.24, 2.45) is 50.2 Å². The normalized spacial score (nSPS) is 47.5. The lowest BCUT2D eigenvalue weighted by molar-refractivity contribution is -0.757. The molecule has 5 aliphatic rings. The van der Waals surface area contributed by atoms with Crippen molar-refractivity contribution in [3.05, 3.63) is 21.8 Å². The van der Waals surface area contributed by atoms with Crippen molar-refractivity contribution in [1.82, 2.24) is 0 Å². The van der Waals surface area contributed by atoms with E-state index < -0.39 is 22.0 Å². The zero-order valence-corrected chi connectivity index (χ0v) is 25.5. The molecule has 0 heterocycles. The quantitative estimate of drug-likeness (QED) is 0.137. The van der Waals surface area contributed by atoms with Gasteiger partial charge in [0.25, 0.3) is 5.09 Å². The Morgan fingerprint density at radius 2 is 1.70 bits per heavy atom. The molecule has 9 atom stereocenters. The number of esters is 1. The highest BCUT2D eigenvalue weighted by molar-refractivity contribution is 5.78. The summed E-state index contributed by atoms with van der Waals surface area (Å²) in [4.78, 5) is 28.8. The van der Waals surface area contributed by atoms with Crippen molar-refractivity contribution in [3.8, 4) is 0 Å². The minimum absolute atomic E-state index is 0.0186. The summed E-state index contributed by atoms with van der Waals surface area (Å²) in [6.07, 6.45) is 11.1. The molecular formula is C32H51NO7. The van der Waals surface area contributed by atoms with E-state index in [1.165, 1.54) is 5.57 Å². The van der Waals surface area contributed by atoms with Gasteiger partial charge in [0.15, 0.2) is 0 Å². The topological polar surface area (TPSA) is 119 Å². The van der Waals surface area contributed by atoms with Gasteiger partial charge in [-0.1, -0.05) is 53.2 Å². The highest BCUT2D eigenvalue weighted by Crippen LogP contribution is 2.75. The average Bonchev–Trinajstić information content (AvgIpc) is 2.89. The molecular weight excluding hydrogens is 510 g/mol. The fraction of sp³-hybridized carbons (Fsp3) is 0.906. The number of carbonyl (C=O) groups excluding carboxylic acids is 1. The first-order chi connectivity index (χ1) is 18.6. The summed E-state index contributed by atoms with van der Waals surface area (Å²) in [5.74, 6) is 0.600. The van der Waals surface area contributed by atoms with Gasteiger partial charge in [0.2, 0.25) is 0 Å². The van der Waals surface area contributed by atoms with Gasteiger partial charge in [-0.2, -0.15) is 0 Å². The molecule has 0 unspecified atom stereocenters. The van der Waals surface area contributed by atoms with E-state index in [2.05, 4.69) is 52.5 Å². The van der Waals surface area contributed by atoms with Crippen LogP contribution in [0, 0.1) is 60.4 Å². The van der Waals surface area contributed by atoms with Gasteiger partial charge in [0.05, 0.1) is 18.1 Å². The first-order valence-electron chi connectivity index (χ1n) is 15.5. The van der Waals surface area contributed by atoms with Gasteiger partial charge in [-0.3, -0.25) is 4.79 Å². The monoisotopic (exact) mass is 561 g/mol. The van der Waals surface area contributed by atoms with Crippen LogP contribution < -0.4 is 0 Å². The van der Waals surface area contributed by atoms with Crippen molar-refractivity contribution in [1.29, 1.82) is 0 Å². The lowest BCUT2D eigenvalue weighted by Crippen LogP contribution is -2.66. The number of allylic oxidation sites excluding steroid dienone is 2. The largest absolute Gasteiger partial charge is 0.463 e. The molecule has 0 saturated heterocycles. The Labute approximate surface area is 239 Å². The van der Waals surface area contributed by atoms with E-state index in [9.17, 15) is 25.1 Å². The predicted molar refractivity (Wildman–Crippen MR) is 150 cm³/mol. The van der Waals surface area contributed by atoms with Crippen molar-refractivity contribution in [2.45, 2.75) is 112 Å². The molecule has 0 aliphatic heterocycles. The van der Waals surface area contributed by atoms with E-state index in [4.69, 9.17) is 4.74 Å². The Morgan fingerprint density at radius 1 is 1.00 bits per heavy atom. The van der Waals surface area contributed by atoms with Crippen LogP contribution in [0.2, 0.25) is 0 Å². The third-order valence-corrected chi connectivity index (χ3v) is 13.7. The van der Waals surface area contributed by atoms with E-state index in [-0.39, 0.29) is 59.3 Å². The minimum atomic E-state index is -0.848. The molecule has 4 fully saturated rings. The van der Waals surface area contributed by atoms with Crippen LogP contribution >= 0.6 is 0 Å². The van der Waals surface area contributed by atoms with Crippen LogP contribution in [0.1, 0.15) is 106 Å². The molecule has 0 aromatic carbocycles.